The average Bonchev–Trinajstić information content (AvgIpc) is 3.03. The van der Waals surface area contributed by atoms with Crippen LogP contribution < -0.4 is 5.32 Å². The number of amides is 1. The number of carboxylic acids is 1. The van der Waals surface area contributed by atoms with Crippen molar-refractivity contribution in [2.75, 3.05) is 0 Å². The van der Waals surface area contributed by atoms with Crippen LogP contribution in [-0.2, 0) is 4.79 Å². The van der Waals surface area contributed by atoms with Crippen molar-refractivity contribution in [3.05, 3.63) is 58.9 Å². The Bertz CT molecular complexity index is 1040. The Kier molecular flexibility index (Phi) is 5.44. The molecule has 7 nitrogen and oxygen atoms in total. The van der Waals surface area contributed by atoms with Crippen LogP contribution >= 0.6 is 0 Å². The highest BCUT2D eigenvalue weighted by molar-refractivity contribution is 5.98. The van der Waals surface area contributed by atoms with Crippen LogP contribution in [0.5, 0.6) is 0 Å². The Hall–Kier alpha value is -3.22. The Labute approximate surface area is 163 Å². The molecule has 0 saturated carbocycles. The molecule has 1 amide bonds. The molecule has 0 saturated heterocycles. The number of carbonyl (C=O) groups is 2. The zero-order chi connectivity index (χ0) is 20.4. The Morgan fingerprint density at radius 3 is 2.57 bits per heavy atom. The lowest BCUT2D eigenvalue weighted by atomic mass is 9.98. The second-order valence-corrected chi connectivity index (χ2v) is 7.20. The summed E-state index contributed by atoms with van der Waals surface area (Å²) in [5.41, 5.74) is 3.44. The Morgan fingerprint density at radius 2 is 1.93 bits per heavy atom. The van der Waals surface area contributed by atoms with Gasteiger partial charge in [-0.25, -0.2) is 9.67 Å². The minimum absolute atomic E-state index is 0.157. The second-order valence-electron chi connectivity index (χ2n) is 7.20. The summed E-state index contributed by atoms with van der Waals surface area (Å²) in [7, 11) is 0. The largest absolute Gasteiger partial charge is 0.481 e. The summed E-state index contributed by atoms with van der Waals surface area (Å²) in [6, 6.07) is 8.74. The topological polar surface area (TPSA) is 97.1 Å². The van der Waals surface area contributed by atoms with Gasteiger partial charge in [-0.1, -0.05) is 24.3 Å². The molecule has 0 fully saturated rings. The summed E-state index contributed by atoms with van der Waals surface area (Å²) in [6.07, 6.45) is 1.49. The molecule has 1 unspecified atom stereocenters. The van der Waals surface area contributed by atoms with Gasteiger partial charge in [-0.05, 0) is 44.9 Å². The van der Waals surface area contributed by atoms with E-state index < -0.39 is 12.0 Å². The first-order chi connectivity index (χ1) is 13.3. The number of nitrogens with zero attached hydrogens (tertiary/aromatic N) is 3. The van der Waals surface area contributed by atoms with E-state index in [1.807, 2.05) is 49.7 Å². The van der Waals surface area contributed by atoms with Crippen LogP contribution in [0, 0.1) is 13.8 Å². The number of hydrogen-bond acceptors (Lipinski definition) is 4. The predicted octanol–water partition coefficient (Wildman–Crippen LogP) is 3.57. The first kappa shape index (κ1) is 19.5. The number of nitrogens with one attached hydrogen (secondary N) is 1. The van der Waals surface area contributed by atoms with Crippen molar-refractivity contribution < 1.29 is 14.7 Å². The van der Waals surface area contributed by atoms with Gasteiger partial charge >= 0.3 is 5.97 Å². The first-order valence-corrected chi connectivity index (χ1v) is 9.21. The molecule has 2 N–H and O–H groups in total. The molecule has 7 heteroatoms. The highest BCUT2D eigenvalue weighted by atomic mass is 16.4. The van der Waals surface area contributed by atoms with Gasteiger partial charge < -0.3 is 10.4 Å². The summed E-state index contributed by atoms with van der Waals surface area (Å²) in [5.74, 6) is -1.32. The van der Waals surface area contributed by atoms with Crippen molar-refractivity contribution in [1.82, 2.24) is 20.1 Å². The van der Waals surface area contributed by atoms with Crippen LogP contribution in [0.1, 0.15) is 59.5 Å². The number of aryl methyl sites for hydroxylation is 2. The average molecular weight is 380 g/mol. The van der Waals surface area contributed by atoms with Gasteiger partial charge in [-0.15, -0.1) is 0 Å². The molecule has 146 valence electrons. The van der Waals surface area contributed by atoms with Crippen molar-refractivity contribution in [1.29, 1.82) is 0 Å². The summed E-state index contributed by atoms with van der Waals surface area (Å²) in [6.45, 7) is 7.70. The van der Waals surface area contributed by atoms with E-state index in [4.69, 9.17) is 0 Å². The van der Waals surface area contributed by atoms with Crippen LogP contribution in [0.2, 0.25) is 0 Å². The fraction of sp³-hybridized carbons (Fsp3) is 0.333. The summed E-state index contributed by atoms with van der Waals surface area (Å²) in [4.78, 5) is 28.9. The summed E-state index contributed by atoms with van der Waals surface area (Å²) in [5, 5.41) is 17.3. The number of hydrogen-bond donors (Lipinski definition) is 2. The quantitative estimate of drug-likeness (QED) is 0.681. The van der Waals surface area contributed by atoms with E-state index in [9.17, 15) is 14.7 Å². The summed E-state index contributed by atoms with van der Waals surface area (Å²) >= 11 is 0. The fourth-order valence-electron chi connectivity index (χ4n) is 3.30. The molecule has 3 aromatic rings. The number of carboxylic acid groups (broad SMARTS) is 1. The molecule has 1 aromatic carbocycles. The standard InChI is InChI=1S/C21H24N4O3/c1-12(2)25-20-15(11-22-25)9-17(14(4)23-20)21(28)24-18(10-19(26)27)16-8-6-5-7-13(16)3/h5-9,11-12,18H,10H2,1-4H3,(H,24,28)(H,26,27). The van der Waals surface area contributed by atoms with Crippen LogP contribution in [0.3, 0.4) is 0 Å². The van der Waals surface area contributed by atoms with Crippen LogP contribution in [0.15, 0.2) is 36.5 Å². The zero-order valence-corrected chi connectivity index (χ0v) is 16.4. The third-order valence-electron chi connectivity index (χ3n) is 4.74. The predicted molar refractivity (Wildman–Crippen MR) is 106 cm³/mol. The molecule has 0 radical (unpaired) electrons. The molecule has 0 aliphatic rings. The van der Waals surface area contributed by atoms with E-state index >= 15 is 0 Å². The summed E-state index contributed by atoms with van der Waals surface area (Å²) < 4.78 is 1.81. The van der Waals surface area contributed by atoms with Crippen molar-refractivity contribution in [3.63, 3.8) is 0 Å². The third kappa shape index (κ3) is 3.88. The maximum Gasteiger partial charge on any atom is 0.305 e. The molecule has 0 bridgehead atoms. The Balaban J connectivity index is 1.94. The van der Waals surface area contributed by atoms with Gasteiger partial charge in [0, 0.05) is 11.4 Å². The van der Waals surface area contributed by atoms with Crippen molar-refractivity contribution in [2.45, 2.75) is 46.2 Å². The van der Waals surface area contributed by atoms with Gasteiger partial charge in [0.1, 0.15) is 0 Å². The van der Waals surface area contributed by atoms with Gasteiger partial charge in [0.2, 0.25) is 0 Å². The lowest BCUT2D eigenvalue weighted by molar-refractivity contribution is -0.137. The zero-order valence-electron chi connectivity index (χ0n) is 16.4. The number of fused-ring (bicyclic) bond motifs is 1. The molecule has 3 rings (SSSR count). The van der Waals surface area contributed by atoms with Crippen LogP contribution in [0.25, 0.3) is 11.0 Å². The minimum Gasteiger partial charge on any atom is -0.481 e. The molecule has 0 spiro atoms. The van der Waals surface area contributed by atoms with Gasteiger partial charge in [-0.3, -0.25) is 9.59 Å². The van der Waals surface area contributed by atoms with E-state index in [1.54, 1.807) is 19.2 Å². The molecule has 2 heterocycles. The van der Waals surface area contributed by atoms with E-state index in [2.05, 4.69) is 15.4 Å². The highest BCUT2D eigenvalue weighted by Gasteiger charge is 2.22. The smallest absolute Gasteiger partial charge is 0.305 e. The number of benzene rings is 1. The van der Waals surface area contributed by atoms with E-state index in [0.29, 0.717) is 11.3 Å². The molecule has 0 aliphatic carbocycles. The molecular formula is C21H24N4O3. The molecule has 1 atom stereocenters. The number of rotatable bonds is 6. The lowest BCUT2D eigenvalue weighted by Gasteiger charge is -2.20. The van der Waals surface area contributed by atoms with Crippen LogP contribution in [-0.4, -0.2) is 31.7 Å². The molecular weight excluding hydrogens is 356 g/mol. The Morgan fingerprint density at radius 1 is 1.21 bits per heavy atom. The molecule has 0 aliphatic heterocycles. The second kappa shape index (κ2) is 7.80. The number of pyridine rings is 1. The van der Waals surface area contributed by atoms with Crippen molar-refractivity contribution >= 4 is 22.9 Å². The van der Waals surface area contributed by atoms with Gasteiger partial charge in [0.05, 0.1) is 29.9 Å². The van der Waals surface area contributed by atoms with Crippen molar-refractivity contribution in [2.24, 2.45) is 0 Å². The van der Waals surface area contributed by atoms with E-state index in [0.717, 1.165) is 22.2 Å². The fourth-order valence-corrected chi connectivity index (χ4v) is 3.30. The monoisotopic (exact) mass is 380 g/mol. The number of aliphatic carboxylic acids is 1. The number of carbonyl (C=O) groups excluding carboxylic acids is 1. The van der Waals surface area contributed by atoms with Gasteiger partial charge in [0.25, 0.3) is 5.91 Å². The molecule has 28 heavy (non-hydrogen) atoms. The third-order valence-corrected chi connectivity index (χ3v) is 4.74. The molecule has 2 aromatic heterocycles. The maximum absolute atomic E-state index is 13.0. The highest BCUT2D eigenvalue weighted by Crippen LogP contribution is 2.23. The van der Waals surface area contributed by atoms with Gasteiger partial charge in [-0.2, -0.15) is 5.10 Å². The maximum atomic E-state index is 13.0. The van der Waals surface area contributed by atoms with Crippen molar-refractivity contribution in [3.8, 4) is 0 Å². The van der Waals surface area contributed by atoms with E-state index in [1.165, 1.54) is 0 Å². The number of aromatic nitrogens is 3. The lowest BCUT2D eigenvalue weighted by Crippen LogP contribution is -2.31. The first-order valence-electron chi connectivity index (χ1n) is 9.21. The van der Waals surface area contributed by atoms with Gasteiger partial charge in [0.15, 0.2) is 5.65 Å². The van der Waals surface area contributed by atoms with Crippen LogP contribution in [0.4, 0.5) is 0 Å². The normalized spacial score (nSPS) is 12.3. The SMILES string of the molecule is Cc1ccccc1C(CC(=O)O)NC(=O)c1cc2cnn(C(C)C)c2nc1C. The minimum atomic E-state index is -0.975. The van der Waals surface area contributed by atoms with E-state index in [-0.39, 0.29) is 18.4 Å².